The molecule has 0 unspecified atom stereocenters. The molecule has 1 aliphatic rings. The van der Waals surface area contributed by atoms with E-state index in [4.69, 9.17) is 6.57 Å². The number of aromatic nitrogens is 2. The van der Waals surface area contributed by atoms with E-state index in [1.165, 1.54) is 28.8 Å². The summed E-state index contributed by atoms with van der Waals surface area (Å²) in [6, 6.07) is 17.0. The van der Waals surface area contributed by atoms with Gasteiger partial charge < -0.3 is 19.1 Å². The van der Waals surface area contributed by atoms with Crippen molar-refractivity contribution in [2.75, 3.05) is 18.0 Å². The third-order valence-electron chi connectivity index (χ3n) is 7.89. The zero-order valence-electron chi connectivity index (χ0n) is 23.2. The Morgan fingerprint density at radius 2 is 1.63 bits per heavy atom. The number of rotatable bonds is 7. The predicted molar refractivity (Wildman–Crippen MR) is 155 cm³/mol. The SMILES string of the molecule is [C-]#[N+]c1ccc2c(n1)c(N1C[C@@H](CCC(C)=O)N(C(c3ccc(F)cc3)c3ccc(F)cc3)C[C@@H]1C)cc(=O)n2C. The van der Waals surface area contributed by atoms with E-state index in [-0.39, 0.29) is 46.9 Å². The third kappa shape index (κ3) is 5.74. The van der Waals surface area contributed by atoms with Crippen LogP contribution in [0.1, 0.15) is 43.9 Å². The molecule has 0 spiro atoms. The van der Waals surface area contributed by atoms with Gasteiger partial charge in [-0.15, -0.1) is 4.98 Å². The van der Waals surface area contributed by atoms with Gasteiger partial charge in [-0.2, -0.15) is 0 Å². The quantitative estimate of drug-likeness (QED) is 0.270. The highest BCUT2D eigenvalue weighted by Gasteiger charge is 2.38. The lowest BCUT2D eigenvalue weighted by molar-refractivity contribution is -0.117. The minimum absolute atomic E-state index is 0.0673. The van der Waals surface area contributed by atoms with Crippen LogP contribution in [-0.4, -0.2) is 45.4 Å². The van der Waals surface area contributed by atoms with Crippen LogP contribution in [0.25, 0.3) is 15.9 Å². The van der Waals surface area contributed by atoms with Gasteiger partial charge >= 0.3 is 0 Å². The zero-order valence-corrected chi connectivity index (χ0v) is 23.2. The Balaban J connectivity index is 1.61. The summed E-state index contributed by atoms with van der Waals surface area (Å²) in [5.74, 6) is -0.384. The molecule has 2 atom stereocenters. The second kappa shape index (κ2) is 11.6. The van der Waals surface area contributed by atoms with Gasteiger partial charge in [-0.3, -0.25) is 9.69 Å². The summed E-state index contributed by atoms with van der Waals surface area (Å²) >= 11 is 0. The molecule has 1 saturated heterocycles. The van der Waals surface area contributed by atoms with E-state index in [9.17, 15) is 18.4 Å². The number of benzene rings is 2. The Hall–Kier alpha value is -4.42. The molecule has 4 aromatic rings. The van der Waals surface area contributed by atoms with E-state index in [0.29, 0.717) is 42.7 Å². The first kappa shape index (κ1) is 28.1. The van der Waals surface area contributed by atoms with E-state index >= 15 is 0 Å². The summed E-state index contributed by atoms with van der Waals surface area (Å²) in [6.07, 6.45) is 0.918. The van der Waals surface area contributed by atoms with Gasteiger partial charge in [-0.25, -0.2) is 8.78 Å². The summed E-state index contributed by atoms with van der Waals surface area (Å²) < 4.78 is 29.4. The van der Waals surface area contributed by atoms with Crippen molar-refractivity contribution < 1.29 is 13.6 Å². The minimum Gasteiger partial charge on any atom is -0.362 e. The highest BCUT2D eigenvalue weighted by Crippen LogP contribution is 2.37. The van der Waals surface area contributed by atoms with Crippen LogP contribution in [0.2, 0.25) is 0 Å². The van der Waals surface area contributed by atoms with Crippen molar-refractivity contribution in [2.24, 2.45) is 7.05 Å². The number of carbonyl (C=O) groups excluding carboxylic acids is 1. The highest BCUT2D eigenvalue weighted by molar-refractivity contribution is 5.89. The number of hydrogen-bond donors (Lipinski definition) is 0. The lowest BCUT2D eigenvalue weighted by atomic mass is 9.91. The Morgan fingerprint density at radius 3 is 2.20 bits per heavy atom. The summed E-state index contributed by atoms with van der Waals surface area (Å²) in [4.78, 5) is 37.6. The first-order valence-electron chi connectivity index (χ1n) is 13.6. The van der Waals surface area contributed by atoms with Crippen molar-refractivity contribution >= 4 is 28.3 Å². The summed E-state index contributed by atoms with van der Waals surface area (Å²) in [5.41, 5.74) is 3.37. The molecule has 2 aromatic heterocycles. The van der Waals surface area contributed by atoms with Crippen LogP contribution < -0.4 is 10.5 Å². The maximum Gasteiger partial charge on any atom is 0.270 e. The number of halogens is 2. The number of piperazine rings is 1. The molecule has 3 heterocycles. The van der Waals surface area contributed by atoms with Gasteiger partial charge in [0.25, 0.3) is 11.4 Å². The number of hydrogen-bond acceptors (Lipinski definition) is 5. The van der Waals surface area contributed by atoms with Crippen LogP contribution in [0, 0.1) is 18.2 Å². The average Bonchev–Trinajstić information content (AvgIpc) is 2.96. The summed E-state index contributed by atoms with van der Waals surface area (Å²) in [5, 5.41) is 0. The topological polar surface area (TPSA) is 62.8 Å². The van der Waals surface area contributed by atoms with E-state index in [2.05, 4.69) is 26.6 Å². The van der Waals surface area contributed by atoms with Gasteiger partial charge in [0.1, 0.15) is 17.4 Å². The normalized spacial score (nSPS) is 17.6. The molecule has 210 valence electrons. The van der Waals surface area contributed by atoms with Crippen molar-refractivity contribution in [3.63, 3.8) is 0 Å². The number of Topliss-reactive ketones (excluding diaryl/α,β-unsaturated/α-hetero) is 1. The van der Waals surface area contributed by atoms with Gasteiger partial charge in [0.2, 0.25) is 5.52 Å². The van der Waals surface area contributed by atoms with E-state index in [0.717, 1.165) is 11.1 Å². The number of nitrogens with zero attached hydrogens (tertiary/aromatic N) is 5. The highest BCUT2D eigenvalue weighted by atomic mass is 19.1. The Labute approximate surface area is 237 Å². The average molecular weight is 556 g/mol. The minimum atomic E-state index is -0.346. The molecule has 1 fully saturated rings. The van der Waals surface area contributed by atoms with Gasteiger partial charge in [-0.1, -0.05) is 30.8 Å². The number of carbonyl (C=O) groups is 1. The molecule has 0 radical (unpaired) electrons. The Kier molecular flexibility index (Phi) is 7.95. The van der Waals surface area contributed by atoms with E-state index < -0.39 is 0 Å². The van der Waals surface area contributed by atoms with Crippen molar-refractivity contribution in [3.05, 3.63) is 111 Å². The lowest BCUT2D eigenvalue weighted by Crippen LogP contribution is -2.58. The van der Waals surface area contributed by atoms with Crippen molar-refractivity contribution in [2.45, 2.75) is 44.8 Å². The van der Waals surface area contributed by atoms with Crippen molar-refractivity contribution in [1.82, 2.24) is 14.5 Å². The molecule has 9 heteroatoms. The first-order valence-corrected chi connectivity index (χ1v) is 13.6. The number of anilines is 1. The largest absolute Gasteiger partial charge is 0.362 e. The summed E-state index contributed by atoms with van der Waals surface area (Å²) in [6.45, 7) is 12.1. The van der Waals surface area contributed by atoms with Gasteiger partial charge in [0, 0.05) is 44.7 Å². The second-order valence-electron chi connectivity index (χ2n) is 10.7. The van der Waals surface area contributed by atoms with Gasteiger partial charge in [0.05, 0.1) is 17.2 Å². The van der Waals surface area contributed by atoms with Crippen LogP contribution in [0.3, 0.4) is 0 Å². The number of fused-ring (bicyclic) bond motifs is 1. The molecular formula is C32H31F2N5O2. The van der Waals surface area contributed by atoms with E-state index in [1.807, 2.05) is 0 Å². The molecule has 0 aliphatic carbocycles. The molecule has 0 amide bonds. The first-order chi connectivity index (χ1) is 19.7. The zero-order chi connectivity index (χ0) is 29.3. The fraction of sp³-hybridized carbons (Fsp3) is 0.312. The number of ketones is 1. The molecule has 2 aromatic carbocycles. The second-order valence-corrected chi connectivity index (χ2v) is 10.7. The van der Waals surface area contributed by atoms with Gasteiger partial charge in [-0.05, 0) is 67.8 Å². The number of aryl methyl sites for hydroxylation is 1. The van der Waals surface area contributed by atoms with Gasteiger partial charge in [0.15, 0.2) is 0 Å². The molecule has 41 heavy (non-hydrogen) atoms. The maximum absolute atomic E-state index is 13.9. The molecular weight excluding hydrogens is 524 g/mol. The molecule has 1 aliphatic heterocycles. The standard InChI is InChI=1S/C32H31F2N5O2/c1-20-18-39(32(22-6-10-24(33)11-7-22)23-8-12-25(34)13-9-23)26(14-5-21(2)40)19-38(20)28-17-30(41)37(4)27-15-16-29(35-3)36-31(27)28/h6-13,15-17,20,26,32H,5,14,18-19H2,1-2,4H3/t20-,26+/m0/s1. The third-order valence-corrected chi connectivity index (χ3v) is 7.89. The fourth-order valence-electron chi connectivity index (χ4n) is 5.79. The molecule has 7 nitrogen and oxygen atoms in total. The Bertz CT molecular complexity index is 1630. The molecule has 0 bridgehead atoms. The van der Waals surface area contributed by atoms with Crippen LogP contribution in [0.15, 0.2) is 71.5 Å². The van der Waals surface area contributed by atoms with Crippen LogP contribution in [0.5, 0.6) is 0 Å². The van der Waals surface area contributed by atoms with Crippen LogP contribution in [-0.2, 0) is 11.8 Å². The van der Waals surface area contributed by atoms with Crippen molar-refractivity contribution in [3.8, 4) is 0 Å². The smallest absolute Gasteiger partial charge is 0.270 e. The van der Waals surface area contributed by atoms with Crippen LogP contribution >= 0.6 is 0 Å². The number of pyridine rings is 2. The molecule has 0 saturated carbocycles. The van der Waals surface area contributed by atoms with Crippen molar-refractivity contribution in [1.29, 1.82) is 0 Å². The predicted octanol–water partition coefficient (Wildman–Crippen LogP) is 5.80. The lowest BCUT2D eigenvalue weighted by Gasteiger charge is -2.49. The maximum atomic E-state index is 13.9. The summed E-state index contributed by atoms with van der Waals surface area (Å²) in [7, 11) is 1.68. The fourth-order valence-corrected chi connectivity index (χ4v) is 5.79. The Morgan fingerprint density at radius 1 is 1.02 bits per heavy atom. The molecule has 5 rings (SSSR count). The van der Waals surface area contributed by atoms with Crippen LogP contribution in [0.4, 0.5) is 20.3 Å². The monoisotopic (exact) mass is 555 g/mol. The van der Waals surface area contributed by atoms with E-state index in [1.54, 1.807) is 56.4 Å². The molecule has 0 N–H and O–H groups in total.